The lowest BCUT2D eigenvalue weighted by atomic mass is 10.0. The van der Waals surface area contributed by atoms with Crippen molar-refractivity contribution >= 4 is 15.9 Å². The Morgan fingerprint density at radius 3 is 2.87 bits per heavy atom. The summed E-state index contributed by atoms with van der Waals surface area (Å²) in [6, 6.07) is 1.47. The van der Waals surface area contributed by atoms with Gasteiger partial charge >= 0.3 is 0 Å². The van der Waals surface area contributed by atoms with Crippen LogP contribution in [0.2, 0.25) is 0 Å². The van der Waals surface area contributed by atoms with Crippen molar-refractivity contribution in [2.45, 2.75) is 13.0 Å². The number of nitrogens with two attached hydrogens (primary N) is 1. The van der Waals surface area contributed by atoms with E-state index in [1.165, 1.54) is 0 Å². The van der Waals surface area contributed by atoms with E-state index in [-0.39, 0.29) is 13.4 Å². The van der Waals surface area contributed by atoms with E-state index < -0.39 is 6.04 Å². The summed E-state index contributed by atoms with van der Waals surface area (Å²) in [7, 11) is 0. The number of fused-ring (bicyclic) bond motifs is 1. The third-order valence-corrected chi connectivity index (χ3v) is 3.07. The molecular formula is C10H12BrNO3. The molecule has 0 saturated heterocycles. The zero-order chi connectivity index (χ0) is 11.0. The van der Waals surface area contributed by atoms with Gasteiger partial charge in [0.05, 0.1) is 17.1 Å². The molecular weight excluding hydrogens is 262 g/mol. The first-order valence-electron chi connectivity index (χ1n) is 4.60. The molecule has 0 aliphatic carbocycles. The van der Waals surface area contributed by atoms with Crippen LogP contribution in [0.15, 0.2) is 10.5 Å². The third kappa shape index (κ3) is 1.71. The molecule has 2 rings (SSSR count). The lowest BCUT2D eigenvalue weighted by molar-refractivity contribution is 0.173. The van der Waals surface area contributed by atoms with Gasteiger partial charge in [-0.25, -0.2) is 0 Å². The van der Waals surface area contributed by atoms with Gasteiger partial charge in [0.2, 0.25) is 6.79 Å². The van der Waals surface area contributed by atoms with E-state index in [1.54, 1.807) is 0 Å². The van der Waals surface area contributed by atoms with Crippen molar-refractivity contribution in [1.82, 2.24) is 0 Å². The van der Waals surface area contributed by atoms with Crippen molar-refractivity contribution in [3.8, 4) is 11.5 Å². The average Bonchev–Trinajstić information content (AvgIpc) is 2.71. The van der Waals surface area contributed by atoms with Crippen LogP contribution in [0.1, 0.15) is 17.2 Å². The maximum atomic E-state index is 9.04. The zero-order valence-corrected chi connectivity index (χ0v) is 9.87. The number of halogens is 1. The van der Waals surface area contributed by atoms with Crippen LogP contribution in [0.5, 0.6) is 11.5 Å². The molecule has 0 bridgehead atoms. The Bertz CT molecular complexity index is 395. The fourth-order valence-electron chi connectivity index (χ4n) is 1.66. The van der Waals surface area contributed by atoms with Crippen molar-refractivity contribution in [3.05, 3.63) is 21.7 Å². The molecule has 1 aromatic carbocycles. The van der Waals surface area contributed by atoms with Gasteiger partial charge in [0.25, 0.3) is 0 Å². The molecule has 1 aromatic rings. The zero-order valence-electron chi connectivity index (χ0n) is 8.29. The van der Waals surface area contributed by atoms with Gasteiger partial charge in [-0.3, -0.25) is 0 Å². The fraction of sp³-hybridized carbons (Fsp3) is 0.400. The molecule has 82 valence electrons. The molecule has 1 heterocycles. The normalized spacial score (nSPS) is 15.5. The van der Waals surface area contributed by atoms with Gasteiger partial charge in [0, 0.05) is 5.56 Å². The van der Waals surface area contributed by atoms with Gasteiger partial charge < -0.3 is 20.3 Å². The predicted octanol–water partition coefficient (Wildman–Crippen LogP) is 1.48. The summed E-state index contributed by atoms with van der Waals surface area (Å²) in [6.45, 7) is 2.05. The summed E-state index contributed by atoms with van der Waals surface area (Å²) in [5.41, 5.74) is 7.58. The summed E-state index contributed by atoms with van der Waals surface area (Å²) < 4.78 is 11.5. The summed E-state index contributed by atoms with van der Waals surface area (Å²) in [5, 5.41) is 9.04. The Kier molecular flexibility index (Phi) is 2.86. The SMILES string of the molecule is Cc1c(C(N)CO)cc(Br)c2c1OCO2. The second-order valence-electron chi connectivity index (χ2n) is 3.43. The fourth-order valence-corrected chi connectivity index (χ4v) is 2.20. The lowest BCUT2D eigenvalue weighted by Gasteiger charge is -2.14. The van der Waals surface area contributed by atoms with Crippen LogP contribution in [0, 0.1) is 6.92 Å². The number of rotatable bonds is 2. The predicted molar refractivity (Wildman–Crippen MR) is 59.0 cm³/mol. The Balaban J connectivity index is 2.54. The van der Waals surface area contributed by atoms with Gasteiger partial charge in [-0.2, -0.15) is 0 Å². The minimum atomic E-state index is -0.393. The van der Waals surface area contributed by atoms with Crippen LogP contribution in [-0.4, -0.2) is 18.5 Å². The first kappa shape index (κ1) is 10.7. The van der Waals surface area contributed by atoms with Crippen molar-refractivity contribution in [1.29, 1.82) is 0 Å². The van der Waals surface area contributed by atoms with Crippen molar-refractivity contribution in [2.75, 3.05) is 13.4 Å². The van der Waals surface area contributed by atoms with Crippen molar-refractivity contribution in [2.24, 2.45) is 5.73 Å². The molecule has 0 aromatic heterocycles. The highest BCUT2D eigenvalue weighted by molar-refractivity contribution is 9.10. The number of benzene rings is 1. The van der Waals surface area contributed by atoms with E-state index in [9.17, 15) is 0 Å². The van der Waals surface area contributed by atoms with Crippen molar-refractivity contribution in [3.63, 3.8) is 0 Å². The van der Waals surface area contributed by atoms with Gasteiger partial charge in [0.15, 0.2) is 11.5 Å². The third-order valence-electron chi connectivity index (χ3n) is 2.48. The maximum Gasteiger partial charge on any atom is 0.231 e. The van der Waals surface area contributed by atoms with E-state index in [2.05, 4.69) is 15.9 Å². The Morgan fingerprint density at radius 2 is 2.20 bits per heavy atom. The van der Waals surface area contributed by atoms with Crippen LogP contribution in [0.25, 0.3) is 0 Å². The summed E-state index contributed by atoms with van der Waals surface area (Å²) in [6.07, 6.45) is 0. The highest BCUT2D eigenvalue weighted by atomic mass is 79.9. The van der Waals surface area contributed by atoms with Gasteiger partial charge in [0.1, 0.15) is 0 Å². The first-order chi connectivity index (χ1) is 7.15. The Morgan fingerprint density at radius 1 is 1.53 bits per heavy atom. The minimum absolute atomic E-state index is 0.0904. The molecule has 5 heteroatoms. The number of ether oxygens (including phenoxy) is 2. The van der Waals surface area contributed by atoms with Gasteiger partial charge in [-0.05, 0) is 34.5 Å². The van der Waals surface area contributed by atoms with E-state index >= 15 is 0 Å². The van der Waals surface area contributed by atoms with Gasteiger partial charge in [-0.1, -0.05) is 0 Å². The lowest BCUT2D eigenvalue weighted by Crippen LogP contribution is -2.15. The van der Waals surface area contributed by atoms with Crippen LogP contribution >= 0.6 is 15.9 Å². The number of hydrogen-bond acceptors (Lipinski definition) is 4. The average molecular weight is 274 g/mol. The molecule has 0 amide bonds. The second-order valence-corrected chi connectivity index (χ2v) is 4.28. The Hall–Kier alpha value is -0.780. The van der Waals surface area contributed by atoms with Crippen LogP contribution < -0.4 is 15.2 Å². The Labute approximate surface area is 96.1 Å². The van der Waals surface area contributed by atoms with E-state index in [4.69, 9.17) is 20.3 Å². The highest BCUT2D eigenvalue weighted by Crippen LogP contribution is 2.44. The summed E-state index contributed by atoms with van der Waals surface area (Å²) >= 11 is 3.39. The molecule has 0 spiro atoms. The van der Waals surface area contributed by atoms with E-state index in [0.29, 0.717) is 11.5 Å². The van der Waals surface area contributed by atoms with Crippen molar-refractivity contribution < 1.29 is 14.6 Å². The molecule has 0 saturated carbocycles. The largest absolute Gasteiger partial charge is 0.453 e. The first-order valence-corrected chi connectivity index (χ1v) is 5.39. The minimum Gasteiger partial charge on any atom is -0.453 e. The molecule has 0 radical (unpaired) electrons. The van der Waals surface area contributed by atoms with Crippen LogP contribution in [0.4, 0.5) is 0 Å². The smallest absolute Gasteiger partial charge is 0.231 e. The molecule has 3 N–H and O–H groups in total. The number of hydrogen-bond donors (Lipinski definition) is 2. The maximum absolute atomic E-state index is 9.04. The summed E-state index contributed by atoms with van der Waals surface area (Å²) in [5.74, 6) is 1.42. The molecule has 1 atom stereocenters. The standard InChI is InChI=1S/C10H12BrNO3/c1-5-6(8(12)3-13)2-7(11)10-9(5)14-4-15-10/h2,8,13H,3-4,12H2,1H3. The highest BCUT2D eigenvalue weighted by Gasteiger charge is 2.23. The number of aliphatic hydroxyl groups excluding tert-OH is 1. The second kappa shape index (κ2) is 4.00. The van der Waals surface area contributed by atoms with Crippen LogP contribution in [-0.2, 0) is 0 Å². The molecule has 4 nitrogen and oxygen atoms in total. The molecule has 1 aliphatic heterocycles. The molecule has 1 aliphatic rings. The number of aliphatic hydroxyl groups is 1. The summed E-state index contributed by atoms with van der Waals surface area (Å²) in [4.78, 5) is 0. The van der Waals surface area contributed by atoms with E-state index in [1.807, 2.05) is 13.0 Å². The van der Waals surface area contributed by atoms with Crippen LogP contribution in [0.3, 0.4) is 0 Å². The topological polar surface area (TPSA) is 64.7 Å². The quantitative estimate of drug-likeness (QED) is 0.857. The van der Waals surface area contributed by atoms with E-state index in [0.717, 1.165) is 15.6 Å². The molecule has 1 unspecified atom stereocenters. The molecule has 15 heavy (non-hydrogen) atoms. The molecule has 0 fully saturated rings. The van der Waals surface area contributed by atoms with Gasteiger partial charge in [-0.15, -0.1) is 0 Å². The monoisotopic (exact) mass is 273 g/mol.